The number of hydrogen-bond donors (Lipinski definition) is 2. The highest BCUT2D eigenvalue weighted by molar-refractivity contribution is 5.94. The van der Waals surface area contributed by atoms with Crippen molar-refractivity contribution in [1.82, 2.24) is 5.32 Å². The molecule has 1 saturated carbocycles. The summed E-state index contributed by atoms with van der Waals surface area (Å²) < 4.78 is 5.25. The molecule has 114 valence electrons. The molecule has 21 heavy (non-hydrogen) atoms. The van der Waals surface area contributed by atoms with E-state index >= 15 is 0 Å². The standard InChI is InChI=1S/C16H21NO4/c1-10-7-13(16(20)17-6-5-12-3-4-12)8-11(2)15(10)21-9-14(18)19/h7-8,12H,3-6,9H2,1-2H3,(H,17,20)(H,18,19). The predicted octanol–water partition coefficient (Wildman–Crippen LogP) is 2.30. The number of hydrogen-bond acceptors (Lipinski definition) is 3. The van der Waals surface area contributed by atoms with Crippen molar-refractivity contribution in [3.05, 3.63) is 28.8 Å². The number of aliphatic carboxylic acids is 1. The molecule has 1 aliphatic rings. The minimum absolute atomic E-state index is 0.0911. The van der Waals surface area contributed by atoms with E-state index in [1.54, 1.807) is 12.1 Å². The first-order valence-corrected chi connectivity index (χ1v) is 7.21. The highest BCUT2D eigenvalue weighted by atomic mass is 16.5. The van der Waals surface area contributed by atoms with Gasteiger partial charge in [0.1, 0.15) is 5.75 Å². The Kier molecular flexibility index (Phi) is 4.83. The monoisotopic (exact) mass is 291 g/mol. The minimum atomic E-state index is -1.02. The second-order valence-electron chi connectivity index (χ2n) is 5.61. The number of carbonyl (C=O) groups excluding carboxylic acids is 1. The average molecular weight is 291 g/mol. The third-order valence-electron chi connectivity index (χ3n) is 3.60. The summed E-state index contributed by atoms with van der Waals surface area (Å²) >= 11 is 0. The zero-order valence-corrected chi connectivity index (χ0v) is 12.4. The minimum Gasteiger partial charge on any atom is -0.481 e. The maximum Gasteiger partial charge on any atom is 0.341 e. The van der Waals surface area contributed by atoms with E-state index in [1.807, 2.05) is 13.8 Å². The molecule has 1 aromatic carbocycles. The van der Waals surface area contributed by atoms with Crippen LogP contribution in [0.5, 0.6) is 5.75 Å². The largest absolute Gasteiger partial charge is 0.481 e. The van der Waals surface area contributed by atoms with Crippen LogP contribution in [0.4, 0.5) is 0 Å². The Morgan fingerprint density at radius 2 is 1.90 bits per heavy atom. The van der Waals surface area contributed by atoms with Crippen LogP contribution in [0.1, 0.15) is 40.7 Å². The lowest BCUT2D eigenvalue weighted by atomic mass is 10.0. The van der Waals surface area contributed by atoms with Crippen molar-refractivity contribution in [2.75, 3.05) is 13.2 Å². The molecule has 0 aromatic heterocycles. The lowest BCUT2D eigenvalue weighted by molar-refractivity contribution is -0.139. The van der Waals surface area contributed by atoms with Crippen LogP contribution >= 0.6 is 0 Å². The van der Waals surface area contributed by atoms with Gasteiger partial charge >= 0.3 is 5.97 Å². The first-order valence-electron chi connectivity index (χ1n) is 7.21. The number of aryl methyl sites for hydroxylation is 2. The molecule has 0 aliphatic heterocycles. The summed E-state index contributed by atoms with van der Waals surface area (Å²) in [6.07, 6.45) is 3.61. The Labute approximate surface area is 124 Å². The summed E-state index contributed by atoms with van der Waals surface area (Å²) in [5.41, 5.74) is 2.12. The second kappa shape index (κ2) is 6.61. The fourth-order valence-electron chi connectivity index (χ4n) is 2.34. The number of carbonyl (C=O) groups is 2. The molecule has 1 aliphatic carbocycles. The fourth-order valence-corrected chi connectivity index (χ4v) is 2.34. The molecule has 0 unspecified atom stereocenters. The third kappa shape index (κ3) is 4.48. The molecule has 5 nitrogen and oxygen atoms in total. The van der Waals surface area contributed by atoms with Crippen LogP contribution in [0.2, 0.25) is 0 Å². The van der Waals surface area contributed by atoms with E-state index in [0.29, 0.717) is 17.9 Å². The van der Waals surface area contributed by atoms with E-state index in [4.69, 9.17) is 9.84 Å². The summed E-state index contributed by atoms with van der Waals surface area (Å²) in [5, 5.41) is 11.6. The van der Waals surface area contributed by atoms with Gasteiger partial charge in [0.15, 0.2) is 6.61 Å². The molecule has 1 aromatic rings. The van der Waals surface area contributed by atoms with E-state index in [0.717, 1.165) is 23.5 Å². The molecular formula is C16H21NO4. The molecule has 0 heterocycles. The van der Waals surface area contributed by atoms with Crippen molar-refractivity contribution < 1.29 is 19.4 Å². The smallest absolute Gasteiger partial charge is 0.341 e. The molecule has 0 spiro atoms. The number of carboxylic acid groups (broad SMARTS) is 1. The maximum atomic E-state index is 12.1. The topological polar surface area (TPSA) is 75.6 Å². The van der Waals surface area contributed by atoms with Crippen molar-refractivity contribution in [3.63, 3.8) is 0 Å². The summed E-state index contributed by atoms with van der Waals surface area (Å²) in [7, 11) is 0. The van der Waals surface area contributed by atoms with Crippen LogP contribution < -0.4 is 10.1 Å². The predicted molar refractivity (Wildman–Crippen MR) is 78.7 cm³/mol. The highest BCUT2D eigenvalue weighted by Gasteiger charge is 2.21. The van der Waals surface area contributed by atoms with Crippen LogP contribution in [-0.4, -0.2) is 30.1 Å². The van der Waals surface area contributed by atoms with Gasteiger partial charge in [0, 0.05) is 12.1 Å². The zero-order valence-electron chi connectivity index (χ0n) is 12.4. The number of nitrogens with one attached hydrogen (secondary N) is 1. The van der Waals surface area contributed by atoms with Gasteiger partial charge in [0.25, 0.3) is 5.91 Å². The molecule has 2 N–H and O–H groups in total. The van der Waals surface area contributed by atoms with E-state index < -0.39 is 5.97 Å². The van der Waals surface area contributed by atoms with Gasteiger partial charge in [-0.2, -0.15) is 0 Å². The van der Waals surface area contributed by atoms with E-state index in [9.17, 15) is 9.59 Å². The van der Waals surface area contributed by atoms with Gasteiger partial charge < -0.3 is 15.2 Å². The molecule has 0 bridgehead atoms. The molecule has 0 radical (unpaired) electrons. The van der Waals surface area contributed by atoms with Crippen LogP contribution in [-0.2, 0) is 4.79 Å². The molecular weight excluding hydrogens is 270 g/mol. The summed E-state index contributed by atoms with van der Waals surface area (Å²) in [6.45, 7) is 3.95. The number of amides is 1. The average Bonchev–Trinajstić information content (AvgIpc) is 3.21. The quantitative estimate of drug-likeness (QED) is 0.808. The Bertz CT molecular complexity index is 526. The Hall–Kier alpha value is -2.04. The van der Waals surface area contributed by atoms with Gasteiger partial charge in [-0.1, -0.05) is 12.8 Å². The van der Waals surface area contributed by atoms with Gasteiger partial charge in [0.05, 0.1) is 0 Å². The van der Waals surface area contributed by atoms with Crippen molar-refractivity contribution in [2.45, 2.75) is 33.1 Å². The van der Waals surface area contributed by atoms with Gasteiger partial charge in [0.2, 0.25) is 0 Å². The van der Waals surface area contributed by atoms with E-state index in [-0.39, 0.29) is 12.5 Å². The molecule has 1 fully saturated rings. The van der Waals surface area contributed by atoms with Crippen LogP contribution in [0, 0.1) is 19.8 Å². The van der Waals surface area contributed by atoms with Crippen LogP contribution in [0.15, 0.2) is 12.1 Å². The molecule has 1 amide bonds. The summed E-state index contributed by atoms with van der Waals surface area (Å²) in [6, 6.07) is 3.47. The maximum absolute atomic E-state index is 12.1. The molecule has 5 heteroatoms. The third-order valence-corrected chi connectivity index (χ3v) is 3.60. The molecule has 0 saturated heterocycles. The van der Waals surface area contributed by atoms with Crippen molar-refractivity contribution in [2.24, 2.45) is 5.92 Å². The summed E-state index contributed by atoms with van der Waals surface area (Å²) in [4.78, 5) is 22.6. The zero-order chi connectivity index (χ0) is 15.4. The van der Waals surface area contributed by atoms with Crippen LogP contribution in [0.3, 0.4) is 0 Å². The normalized spacial score (nSPS) is 13.8. The Balaban J connectivity index is 1.99. The first kappa shape index (κ1) is 15.4. The lowest BCUT2D eigenvalue weighted by Gasteiger charge is -2.13. The number of ether oxygens (including phenoxy) is 1. The van der Waals surface area contributed by atoms with Crippen LogP contribution in [0.25, 0.3) is 0 Å². The lowest BCUT2D eigenvalue weighted by Crippen LogP contribution is -2.25. The Morgan fingerprint density at radius 1 is 1.29 bits per heavy atom. The highest BCUT2D eigenvalue weighted by Crippen LogP contribution is 2.31. The van der Waals surface area contributed by atoms with E-state index in [2.05, 4.69) is 5.32 Å². The van der Waals surface area contributed by atoms with Gasteiger partial charge in [-0.05, 0) is 49.4 Å². The van der Waals surface area contributed by atoms with Gasteiger partial charge in [-0.15, -0.1) is 0 Å². The number of benzene rings is 1. The number of carboxylic acids is 1. The summed E-state index contributed by atoms with van der Waals surface area (Å²) in [5.74, 6) is 0.217. The fraction of sp³-hybridized carbons (Fsp3) is 0.500. The van der Waals surface area contributed by atoms with E-state index in [1.165, 1.54) is 12.8 Å². The molecule has 2 rings (SSSR count). The van der Waals surface area contributed by atoms with Crippen molar-refractivity contribution >= 4 is 11.9 Å². The molecule has 0 atom stereocenters. The number of rotatable bonds is 7. The Morgan fingerprint density at radius 3 is 2.43 bits per heavy atom. The van der Waals surface area contributed by atoms with Crippen molar-refractivity contribution in [3.8, 4) is 5.75 Å². The van der Waals surface area contributed by atoms with Gasteiger partial charge in [-0.3, -0.25) is 4.79 Å². The second-order valence-corrected chi connectivity index (χ2v) is 5.61. The van der Waals surface area contributed by atoms with Crippen molar-refractivity contribution in [1.29, 1.82) is 0 Å². The van der Waals surface area contributed by atoms with Gasteiger partial charge in [-0.25, -0.2) is 4.79 Å². The first-order chi connectivity index (χ1) is 9.97. The SMILES string of the molecule is Cc1cc(C(=O)NCCC2CC2)cc(C)c1OCC(=O)O.